The predicted molar refractivity (Wildman–Crippen MR) is 107 cm³/mol. The van der Waals surface area contributed by atoms with E-state index in [9.17, 15) is 4.79 Å². The van der Waals surface area contributed by atoms with Crippen molar-refractivity contribution >= 4 is 11.7 Å². The quantitative estimate of drug-likeness (QED) is 0.858. The fourth-order valence-electron chi connectivity index (χ4n) is 3.73. The number of urea groups is 1. The van der Waals surface area contributed by atoms with E-state index < -0.39 is 0 Å². The summed E-state index contributed by atoms with van der Waals surface area (Å²) in [5.41, 5.74) is 2.51. The van der Waals surface area contributed by atoms with Crippen molar-refractivity contribution in [2.75, 3.05) is 31.6 Å². The molecule has 150 valence electrons. The van der Waals surface area contributed by atoms with Crippen LogP contribution in [0.15, 0.2) is 36.5 Å². The number of rotatable bonds is 5. The molecule has 2 amide bonds. The lowest BCUT2D eigenvalue weighted by Gasteiger charge is -2.32. The van der Waals surface area contributed by atoms with Gasteiger partial charge in [0.2, 0.25) is 0 Å². The number of hydrogen-bond acceptors (Lipinski definition) is 4. The highest BCUT2D eigenvalue weighted by Gasteiger charge is 2.25. The molecular formula is C21H28N4O3. The van der Waals surface area contributed by atoms with Gasteiger partial charge in [0.25, 0.3) is 0 Å². The summed E-state index contributed by atoms with van der Waals surface area (Å²) in [6.07, 6.45) is 6.29. The molecule has 1 aromatic heterocycles. The summed E-state index contributed by atoms with van der Waals surface area (Å²) in [5, 5.41) is 7.51. The van der Waals surface area contributed by atoms with Crippen LogP contribution in [0.3, 0.4) is 0 Å². The van der Waals surface area contributed by atoms with Crippen molar-refractivity contribution in [3.8, 4) is 5.69 Å². The van der Waals surface area contributed by atoms with Crippen LogP contribution in [0.2, 0.25) is 0 Å². The van der Waals surface area contributed by atoms with Gasteiger partial charge in [0.15, 0.2) is 0 Å². The zero-order valence-corrected chi connectivity index (χ0v) is 16.3. The number of nitrogens with one attached hydrogen (secondary N) is 1. The summed E-state index contributed by atoms with van der Waals surface area (Å²) in [6.45, 7) is 4.84. The largest absolute Gasteiger partial charge is 0.376 e. The molecule has 2 aromatic rings. The smallest absolute Gasteiger partial charge is 0.321 e. The fourth-order valence-corrected chi connectivity index (χ4v) is 3.73. The molecule has 2 saturated heterocycles. The van der Waals surface area contributed by atoms with Crippen molar-refractivity contribution in [1.82, 2.24) is 14.7 Å². The van der Waals surface area contributed by atoms with Crippen LogP contribution < -0.4 is 5.32 Å². The van der Waals surface area contributed by atoms with Gasteiger partial charge in [-0.3, -0.25) is 0 Å². The highest BCUT2D eigenvalue weighted by Crippen LogP contribution is 2.20. The van der Waals surface area contributed by atoms with Crippen LogP contribution in [0.1, 0.15) is 31.4 Å². The minimum Gasteiger partial charge on any atom is -0.376 e. The average Bonchev–Trinajstić information content (AvgIpc) is 3.38. The summed E-state index contributed by atoms with van der Waals surface area (Å²) in [4.78, 5) is 14.5. The zero-order chi connectivity index (χ0) is 19.3. The maximum Gasteiger partial charge on any atom is 0.321 e. The minimum atomic E-state index is -0.0757. The van der Waals surface area contributed by atoms with E-state index in [-0.39, 0.29) is 18.2 Å². The lowest BCUT2D eigenvalue weighted by atomic mass is 10.1. The number of likely N-dealkylation sites (tertiary alicyclic amines) is 1. The molecule has 1 aromatic carbocycles. The van der Waals surface area contributed by atoms with Crippen LogP contribution in [-0.2, 0) is 9.47 Å². The van der Waals surface area contributed by atoms with Gasteiger partial charge in [0.1, 0.15) is 0 Å². The molecule has 1 N–H and O–H groups in total. The molecule has 0 bridgehead atoms. The first-order chi connectivity index (χ1) is 13.7. The number of anilines is 1. The summed E-state index contributed by atoms with van der Waals surface area (Å²) < 4.78 is 13.4. The number of nitrogens with zero attached hydrogens (tertiary/aromatic N) is 3. The molecule has 0 aliphatic carbocycles. The molecule has 0 spiro atoms. The van der Waals surface area contributed by atoms with E-state index in [1.165, 1.54) is 0 Å². The number of para-hydroxylation sites is 1. The van der Waals surface area contributed by atoms with Crippen molar-refractivity contribution in [1.29, 1.82) is 0 Å². The molecule has 2 aliphatic rings. The van der Waals surface area contributed by atoms with E-state index >= 15 is 0 Å². The molecule has 0 unspecified atom stereocenters. The zero-order valence-electron chi connectivity index (χ0n) is 16.3. The Morgan fingerprint density at radius 3 is 2.75 bits per heavy atom. The topological polar surface area (TPSA) is 68.6 Å². The molecule has 28 heavy (non-hydrogen) atoms. The van der Waals surface area contributed by atoms with E-state index in [2.05, 4.69) is 10.4 Å². The average molecular weight is 384 g/mol. The lowest BCUT2D eigenvalue weighted by Crippen LogP contribution is -2.43. The summed E-state index contributed by atoms with van der Waals surface area (Å²) in [7, 11) is 0. The monoisotopic (exact) mass is 384 g/mol. The molecule has 2 fully saturated rings. The molecule has 2 aliphatic heterocycles. The third-order valence-electron chi connectivity index (χ3n) is 5.43. The van der Waals surface area contributed by atoms with Crippen LogP contribution in [0.25, 0.3) is 5.69 Å². The van der Waals surface area contributed by atoms with Crippen molar-refractivity contribution < 1.29 is 14.3 Å². The Morgan fingerprint density at radius 2 is 2.04 bits per heavy atom. The van der Waals surface area contributed by atoms with Gasteiger partial charge in [-0.15, -0.1) is 0 Å². The number of hydrogen-bond donors (Lipinski definition) is 1. The van der Waals surface area contributed by atoms with Gasteiger partial charge in [-0.25, -0.2) is 9.48 Å². The number of ether oxygens (including phenoxy) is 2. The van der Waals surface area contributed by atoms with Crippen molar-refractivity contribution in [3.05, 3.63) is 42.2 Å². The van der Waals surface area contributed by atoms with Gasteiger partial charge in [-0.05, 0) is 44.7 Å². The van der Waals surface area contributed by atoms with Crippen LogP contribution >= 0.6 is 0 Å². The van der Waals surface area contributed by atoms with E-state index in [1.807, 2.05) is 48.4 Å². The first-order valence-corrected chi connectivity index (χ1v) is 10.1. The highest BCUT2D eigenvalue weighted by molar-refractivity contribution is 5.89. The Kier molecular flexibility index (Phi) is 5.92. The molecule has 3 heterocycles. The second-order valence-corrected chi connectivity index (χ2v) is 7.49. The number of aromatic nitrogens is 2. The third-order valence-corrected chi connectivity index (χ3v) is 5.43. The van der Waals surface area contributed by atoms with Gasteiger partial charge >= 0.3 is 6.03 Å². The lowest BCUT2D eigenvalue weighted by molar-refractivity contribution is -0.0377. The van der Waals surface area contributed by atoms with E-state index in [4.69, 9.17) is 9.47 Å². The van der Waals surface area contributed by atoms with Crippen LogP contribution in [-0.4, -0.2) is 59.2 Å². The molecule has 1 atom stereocenters. The maximum atomic E-state index is 12.7. The number of benzene rings is 1. The van der Waals surface area contributed by atoms with Crippen LogP contribution in [0.4, 0.5) is 10.5 Å². The van der Waals surface area contributed by atoms with Gasteiger partial charge < -0.3 is 19.7 Å². The van der Waals surface area contributed by atoms with Gasteiger partial charge in [0.05, 0.1) is 42.1 Å². The maximum absolute atomic E-state index is 12.7. The van der Waals surface area contributed by atoms with Gasteiger partial charge in [0, 0.05) is 19.7 Å². The fraction of sp³-hybridized carbons (Fsp3) is 0.524. The Labute approximate surface area is 165 Å². The summed E-state index contributed by atoms with van der Waals surface area (Å²) in [5.74, 6) is 0. The minimum absolute atomic E-state index is 0.0757. The third kappa shape index (κ3) is 4.54. The van der Waals surface area contributed by atoms with Crippen LogP contribution in [0, 0.1) is 6.92 Å². The normalized spacial score (nSPS) is 20.5. The molecule has 0 radical (unpaired) electrons. The Morgan fingerprint density at radius 1 is 1.25 bits per heavy atom. The highest BCUT2D eigenvalue weighted by atomic mass is 16.5. The van der Waals surface area contributed by atoms with Crippen molar-refractivity contribution in [3.63, 3.8) is 0 Å². The molecule has 7 nitrogen and oxygen atoms in total. The van der Waals surface area contributed by atoms with E-state index in [0.717, 1.165) is 49.4 Å². The molecule has 0 saturated carbocycles. The van der Waals surface area contributed by atoms with Gasteiger partial charge in [-0.1, -0.05) is 18.2 Å². The number of carbonyl (C=O) groups is 1. The molecule has 7 heteroatoms. The van der Waals surface area contributed by atoms with Crippen LogP contribution in [0.5, 0.6) is 0 Å². The Bertz CT molecular complexity index is 778. The Hall–Kier alpha value is -2.38. The summed E-state index contributed by atoms with van der Waals surface area (Å²) in [6, 6.07) is 9.80. The van der Waals surface area contributed by atoms with E-state index in [1.54, 1.807) is 4.68 Å². The first kappa shape index (κ1) is 19.0. The molecular weight excluding hydrogens is 356 g/mol. The standard InChI is InChI=1S/C21H28N4O3/c1-16-20(14-25(23-16)17-6-3-2-4-7-17)22-21(26)24-11-9-18(10-12-24)28-15-19-8-5-13-27-19/h2-4,6-7,14,18-19H,5,8-13,15H2,1H3,(H,22,26)/t19-/m0/s1. The van der Waals surface area contributed by atoms with Crippen molar-refractivity contribution in [2.45, 2.75) is 44.8 Å². The van der Waals surface area contributed by atoms with Gasteiger partial charge in [-0.2, -0.15) is 5.10 Å². The number of carbonyl (C=O) groups excluding carboxylic acids is 1. The predicted octanol–water partition coefficient (Wildman–Crippen LogP) is 3.37. The second kappa shape index (κ2) is 8.75. The summed E-state index contributed by atoms with van der Waals surface area (Å²) >= 11 is 0. The molecule has 4 rings (SSSR count). The number of piperidine rings is 1. The number of aryl methyl sites for hydroxylation is 1. The Balaban J connectivity index is 1.27. The second-order valence-electron chi connectivity index (χ2n) is 7.49. The first-order valence-electron chi connectivity index (χ1n) is 10.1. The van der Waals surface area contributed by atoms with E-state index in [0.29, 0.717) is 19.7 Å². The SMILES string of the molecule is Cc1nn(-c2ccccc2)cc1NC(=O)N1CCC(OC[C@@H]2CCCO2)CC1. The number of amides is 2. The van der Waals surface area contributed by atoms with Crippen molar-refractivity contribution in [2.24, 2.45) is 0 Å².